The lowest BCUT2D eigenvalue weighted by atomic mass is 10.2. The number of benzene rings is 3. The van der Waals surface area contributed by atoms with E-state index in [1.54, 1.807) is 48.5 Å². The maximum Gasteiger partial charge on any atom is 0.300 e. The van der Waals surface area contributed by atoms with Gasteiger partial charge < -0.3 is 20.8 Å². The summed E-state index contributed by atoms with van der Waals surface area (Å²) in [5.41, 5.74) is 3.15. The summed E-state index contributed by atoms with van der Waals surface area (Å²) in [6.07, 6.45) is 10.3. The minimum absolute atomic E-state index is 0.0801. The first kappa shape index (κ1) is 34.8. The van der Waals surface area contributed by atoms with Crippen LogP contribution in [0.2, 0.25) is 0 Å². The zero-order chi connectivity index (χ0) is 29.3. The van der Waals surface area contributed by atoms with Crippen LogP contribution >= 0.6 is 0 Å². The average molecular weight is 517 g/mol. The molecule has 4 N–H and O–H groups in total. The normalized spacial score (nSPS) is 8.05. The molecule has 8 heteroatoms. The van der Waals surface area contributed by atoms with Crippen LogP contribution < -0.4 is 10.6 Å². The molecular formula is C30H32N2O6. The second kappa shape index (κ2) is 22.1. The smallest absolute Gasteiger partial charge is 0.300 e. The zero-order valence-corrected chi connectivity index (χ0v) is 21.8. The number of hydrogen-bond donors (Lipinski definition) is 4. The van der Waals surface area contributed by atoms with Crippen LogP contribution in [0.15, 0.2) is 84.9 Å². The van der Waals surface area contributed by atoms with Crippen LogP contribution in [0.4, 0.5) is 11.4 Å². The van der Waals surface area contributed by atoms with Gasteiger partial charge in [0.05, 0.1) is 0 Å². The molecule has 3 aromatic carbocycles. The maximum atomic E-state index is 10.6. The molecule has 0 radical (unpaired) electrons. The Labute approximate surface area is 223 Å². The lowest BCUT2D eigenvalue weighted by Crippen LogP contribution is -2.05. The Morgan fingerprint density at radius 1 is 0.553 bits per heavy atom. The third-order valence-electron chi connectivity index (χ3n) is 3.41. The van der Waals surface area contributed by atoms with Crippen molar-refractivity contribution in [3.05, 3.63) is 96.1 Å². The molecule has 0 aromatic heterocycles. The molecule has 0 atom stereocenters. The predicted octanol–water partition coefficient (Wildman–Crippen LogP) is 5.12. The number of aliphatic carboxylic acids is 2. The number of carbonyl (C=O) groups is 4. The van der Waals surface area contributed by atoms with Gasteiger partial charge in [-0.2, -0.15) is 0 Å². The Hall–Kier alpha value is -5.34. The van der Waals surface area contributed by atoms with E-state index < -0.39 is 11.9 Å². The van der Waals surface area contributed by atoms with E-state index in [1.165, 1.54) is 13.8 Å². The molecule has 38 heavy (non-hydrogen) atoms. The summed E-state index contributed by atoms with van der Waals surface area (Å²) < 4.78 is 0. The zero-order valence-electron chi connectivity index (χ0n) is 21.8. The van der Waals surface area contributed by atoms with Gasteiger partial charge in [0, 0.05) is 50.2 Å². The van der Waals surface area contributed by atoms with Gasteiger partial charge in [0.25, 0.3) is 11.9 Å². The van der Waals surface area contributed by atoms with Crippen molar-refractivity contribution < 1.29 is 29.4 Å². The molecule has 0 aliphatic rings. The average Bonchev–Trinajstić information content (AvgIpc) is 2.85. The molecule has 0 aliphatic heterocycles. The van der Waals surface area contributed by atoms with Crippen LogP contribution in [0, 0.1) is 24.7 Å². The van der Waals surface area contributed by atoms with Crippen LogP contribution in [0.5, 0.6) is 0 Å². The molecule has 0 aliphatic carbocycles. The quantitative estimate of drug-likeness (QED) is 0.350. The highest BCUT2D eigenvalue weighted by Crippen LogP contribution is 2.08. The number of terminal acetylenes is 2. The molecule has 198 valence electrons. The molecule has 3 aromatic rings. The van der Waals surface area contributed by atoms with Crippen molar-refractivity contribution in [1.29, 1.82) is 0 Å². The lowest BCUT2D eigenvalue weighted by Gasteiger charge is -2.00. The molecule has 0 saturated carbocycles. The monoisotopic (exact) mass is 516 g/mol. The molecule has 0 bridgehead atoms. The van der Waals surface area contributed by atoms with Gasteiger partial charge in [-0.05, 0) is 48.5 Å². The first-order chi connectivity index (χ1) is 17.9. The number of carboxylic acid groups (broad SMARTS) is 2. The molecule has 0 unspecified atom stereocenters. The minimum Gasteiger partial charge on any atom is -0.481 e. The number of anilines is 2. The maximum absolute atomic E-state index is 10.6. The number of amides is 2. The van der Waals surface area contributed by atoms with E-state index in [-0.39, 0.29) is 11.8 Å². The van der Waals surface area contributed by atoms with Crippen LogP contribution in [-0.2, 0) is 19.2 Å². The van der Waals surface area contributed by atoms with E-state index in [9.17, 15) is 9.59 Å². The largest absolute Gasteiger partial charge is 0.481 e. The van der Waals surface area contributed by atoms with Gasteiger partial charge in [0.2, 0.25) is 11.8 Å². The van der Waals surface area contributed by atoms with Gasteiger partial charge in [-0.25, -0.2) is 0 Å². The van der Waals surface area contributed by atoms with E-state index in [2.05, 4.69) is 22.5 Å². The highest BCUT2D eigenvalue weighted by molar-refractivity contribution is 5.89. The van der Waals surface area contributed by atoms with E-state index in [4.69, 9.17) is 32.6 Å². The first-order valence-electron chi connectivity index (χ1n) is 11.0. The number of hydrogen-bond acceptors (Lipinski definition) is 4. The number of rotatable bonds is 2. The molecule has 0 saturated heterocycles. The van der Waals surface area contributed by atoms with Gasteiger partial charge in [-0.3, -0.25) is 19.2 Å². The lowest BCUT2D eigenvalue weighted by molar-refractivity contribution is -0.135. The summed E-state index contributed by atoms with van der Waals surface area (Å²) in [6.45, 7) is 5.10. The van der Waals surface area contributed by atoms with E-state index in [1.807, 2.05) is 36.4 Å². The summed E-state index contributed by atoms with van der Waals surface area (Å²) in [4.78, 5) is 39.2. The Morgan fingerprint density at radius 3 is 0.921 bits per heavy atom. The molecule has 8 nitrogen and oxygen atoms in total. The molecule has 3 rings (SSSR count). The molecule has 0 fully saturated rings. The summed E-state index contributed by atoms with van der Waals surface area (Å²) >= 11 is 0. The first-order valence-corrected chi connectivity index (χ1v) is 11.0. The van der Waals surface area contributed by atoms with Gasteiger partial charge in [0.1, 0.15) is 0 Å². The van der Waals surface area contributed by atoms with Crippen LogP contribution in [-0.4, -0.2) is 34.0 Å². The second-order valence-electron chi connectivity index (χ2n) is 7.00. The summed E-state index contributed by atoms with van der Waals surface area (Å²) in [5.74, 6) is 3.16. The standard InChI is InChI=1S/2C10H9NO.C6H6.2C2H4O2/c2*1-3-9-4-6-10(7-5-9)11-8(2)12;1-2-4-6-5-3-1;2*1-2(3)4/h2*1,4-7H,2H3,(H,11,12);1-6H;2*1H3,(H,3,4). The van der Waals surface area contributed by atoms with E-state index in [0.717, 1.165) is 36.3 Å². The fourth-order valence-electron chi connectivity index (χ4n) is 2.09. The highest BCUT2D eigenvalue weighted by Gasteiger charge is 1.94. The summed E-state index contributed by atoms with van der Waals surface area (Å²) in [5, 5.41) is 20.1. The Morgan fingerprint density at radius 2 is 0.763 bits per heavy atom. The topological polar surface area (TPSA) is 133 Å². The van der Waals surface area contributed by atoms with Crippen molar-refractivity contribution in [2.75, 3.05) is 10.6 Å². The van der Waals surface area contributed by atoms with Crippen molar-refractivity contribution >= 4 is 35.1 Å². The molecule has 2 amide bonds. The van der Waals surface area contributed by atoms with Crippen molar-refractivity contribution in [2.24, 2.45) is 0 Å². The Kier molecular flexibility index (Phi) is 20.3. The van der Waals surface area contributed by atoms with Crippen molar-refractivity contribution in [1.82, 2.24) is 0 Å². The fraction of sp³-hybridized carbons (Fsp3) is 0.133. The van der Waals surface area contributed by atoms with Crippen molar-refractivity contribution in [3.63, 3.8) is 0 Å². The van der Waals surface area contributed by atoms with Gasteiger partial charge in [-0.1, -0.05) is 48.2 Å². The predicted molar refractivity (Wildman–Crippen MR) is 150 cm³/mol. The van der Waals surface area contributed by atoms with Crippen LogP contribution in [0.3, 0.4) is 0 Å². The Bertz CT molecular complexity index is 1070. The molecule has 0 heterocycles. The fourth-order valence-corrected chi connectivity index (χ4v) is 2.09. The molecular weight excluding hydrogens is 484 g/mol. The second-order valence-corrected chi connectivity index (χ2v) is 7.00. The summed E-state index contributed by atoms with van der Waals surface area (Å²) in [6, 6.07) is 26.2. The van der Waals surface area contributed by atoms with Gasteiger partial charge in [0.15, 0.2) is 0 Å². The van der Waals surface area contributed by atoms with Crippen LogP contribution in [0.25, 0.3) is 0 Å². The van der Waals surface area contributed by atoms with Crippen LogP contribution in [0.1, 0.15) is 38.8 Å². The Balaban J connectivity index is 0. The number of nitrogens with one attached hydrogen (secondary N) is 2. The van der Waals surface area contributed by atoms with E-state index >= 15 is 0 Å². The number of carboxylic acids is 2. The SMILES string of the molecule is C#Cc1ccc(NC(C)=O)cc1.C#Cc1ccc(NC(C)=O)cc1.CC(=O)O.CC(=O)O.c1ccccc1. The summed E-state index contributed by atoms with van der Waals surface area (Å²) in [7, 11) is 0. The van der Waals surface area contributed by atoms with Gasteiger partial charge in [-0.15, -0.1) is 12.8 Å². The highest BCUT2D eigenvalue weighted by atomic mass is 16.4. The van der Waals surface area contributed by atoms with Gasteiger partial charge >= 0.3 is 0 Å². The van der Waals surface area contributed by atoms with Crippen molar-refractivity contribution in [2.45, 2.75) is 27.7 Å². The third kappa shape index (κ3) is 25.3. The number of carbonyl (C=O) groups excluding carboxylic acids is 2. The molecule has 0 spiro atoms. The third-order valence-corrected chi connectivity index (χ3v) is 3.41. The van der Waals surface area contributed by atoms with Crippen molar-refractivity contribution in [3.8, 4) is 24.7 Å². The minimum atomic E-state index is -0.833. The van der Waals surface area contributed by atoms with E-state index in [0.29, 0.717) is 0 Å².